The van der Waals surface area contributed by atoms with Gasteiger partial charge in [0.25, 0.3) is 0 Å². The van der Waals surface area contributed by atoms with Crippen molar-refractivity contribution in [3.63, 3.8) is 0 Å². The average molecular weight is 591 g/mol. The van der Waals surface area contributed by atoms with Crippen LogP contribution in [0.25, 0.3) is 64.4 Å². The van der Waals surface area contributed by atoms with Crippen LogP contribution < -0.4 is 0 Å². The Balaban J connectivity index is 1.28. The fraction of sp³-hybridized carbons (Fsp3) is 0.0233. The zero-order valence-electron chi connectivity index (χ0n) is 24.3. The highest BCUT2D eigenvalue weighted by Crippen LogP contribution is 2.57. The lowest BCUT2D eigenvalue weighted by atomic mass is 9.67. The highest BCUT2D eigenvalue weighted by molar-refractivity contribution is 7.25. The molecule has 1 nitrogen and oxygen atoms in total. The lowest BCUT2D eigenvalue weighted by molar-refractivity contribution is 0.666. The molecule has 210 valence electrons. The molecule has 0 radical (unpaired) electrons. The molecule has 0 amide bonds. The molecule has 0 saturated carbocycles. The summed E-state index contributed by atoms with van der Waals surface area (Å²) in [4.78, 5) is 0. The number of thiophene rings is 1. The van der Waals surface area contributed by atoms with Crippen LogP contribution in [0.4, 0.5) is 0 Å². The third-order valence-corrected chi connectivity index (χ3v) is 10.9. The van der Waals surface area contributed by atoms with E-state index < -0.39 is 5.41 Å². The fourth-order valence-electron chi connectivity index (χ4n) is 7.89. The van der Waals surface area contributed by atoms with Crippen molar-refractivity contribution in [3.8, 4) is 22.3 Å². The molecule has 0 N–H and O–H groups in total. The molecule has 0 saturated heterocycles. The van der Waals surface area contributed by atoms with E-state index >= 15 is 0 Å². The van der Waals surface area contributed by atoms with Crippen molar-refractivity contribution in [2.45, 2.75) is 5.41 Å². The van der Waals surface area contributed by atoms with E-state index in [1.165, 1.54) is 70.1 Å². The minimum Gasteiger partial charge on any atom is -0.456 e. The van der Waals surface area contributed by atoms with Gasteiger partial charge in [-0.05, 0) is 80.9 Å². The van der Waals surface area contributed by atoms with Gasteiger partial charge in [0.15, 0.2) is 0 Å². The van der Waals surface area contributed by atoms with Crippen molar-refractivity contribution >= 4 is 53.4 Å². The monoisotopic (exact) mass is 590 g/mol. The third-order valence-electron chi connectivity index (χ3n) is 9.76. The second-order valence-corrected chi connectivity index (χ2v) is 13.1. The van der Waals surface area contributed by atoms with Crippen LogP contribution in [-0.4, -0.2) is 0 Å². The molecule has 9 aromatic rings. The number of rotatable bonds is 3. The summed E-state index contributed by atoms with van der Waals surface area (Å²) in [5, 5.41) is 4.95. The van der Waals surface area contributed by atoms with Crippen molar-refractivity contribution in [2.75, 3.05) is 0 Å². The SMILES string of the molecule is c1ccc(C2(c3ccccc3)c3ccccc3-c3cc4c(cc32)oc2cccc(-c3ccc5sc6ccccc6c5c3)c24)cc1. The van der Waals surface area contributed by atoms with E-state index in [1.807, 2.05) is 11.3 Å². The maximum absolute atomic E-state index is 6.75. The smallest absolute Gasteiger partial charge is 0.136 e. The summed E-state index contributed by atoms with van der Waals surface area (Å²) in [6.07, 6.45) is 0. The third kappa shape index (κ3) is 3.38. The largest absolute Gasteiger partial charge is 0.456 e. The van der Waals surface area contributed by atoms with E-state index in [2.05, 4.69) is 158 Å². The van der Waals surface area contributed by atoms with Crippen LogP contribution in [0.1, 0.15) is 22.3 Å². The van der Waals surface area contributed by atoms with Gasteiger partial charge in [-0.25, -0.2) is 0 Å². The molecule has 2 heterocycles. The van der Waals surface area contributed by atoms with Gasteiger partial charge in [-0.2, -0.15) is 0 Å². The standard InChI is InChI=1S/C43H26OS/c1-3-12-28(13-4-1)43(29-14-5-2-6-15-29)36-19-9-7-16-31(36)33-25-35-39(26-37(33)43)44-38-20-11-18-30(42(35)38)27-22-23-41-34(24-27)32-17-8-10-21-40(32)45-41/h1-26H. The first-order valence-electron chi connectivity index (χ1n) is 15.4. The molecule has 2 aromatic heterocycles. The Kier molecular flexibility index (Phi) is 5.14. The first-order valence-corrected chi connectivity index (χ1v) is 16.2. The fourth-order valence-corrected chi connectivity index (χ4v) is 8.98. The van der Waals surface area contributed by atoms with Crippen LogP contribution >= 0.6 is 11.3 Å². The van der Waals surface area contributed by atoms with E-state index in [9.17, 15) is 0 Å². The molecule has 0 fully saturated rings. The van der Waals surface area contributed by atoms with Gasteiger partial charge >= 0.3 is 0 Å². The van der Waals surface area contributed by atoms with E-state index in [0.29, 0.717) is 0 Å². The van der Waals surface area contributed by atoms with Gasteiger partial charge in [-0.1, -0.05) is 121 Å². The van der Waals surface area contributed by atoms with E-state index in [0.717, 1.165) is 16.6 Å². The predicted octanol–water partition coefficient (Wildman–Crippen LogP) is 12.0. The summed E-state index contributed by atoms with van der Waals surface area (Å²) in [6, 6.07) is 57.6. The highest BCUT2D eigenvalue weighted by atomic mass is 32.1. The van der Waals surface area contributed by atoms with Crippen molar-refractivity contribution in [2.24, 2.45) is 0 Å². The van der Waals surface area contributed by atoms with Crippen LogP contribution in [0.3, 0.4) is 0 Å². The number of fused-ring (bicyclic) bond motifs is 9. The molecule has 45 heavy (non-hydrogen) atoms. The zero-order chi connectivity index (χ0) is 29.5. The van der Waals surface area contributed by atoms with Crippen molar-refractivity contribution in [1.29, 1.82) is 0 Å². The summed E-state index contributed by atoms with van der Waals surface area (Å²) < 4.78 is 9.39. The Labute approximate surface area is 264 Å². The Morgan fingerprint density at radius 2 is 1.11 bits per heavy atom. The molecule has 0 unspecified atom stereocenters. The van der Waals surface area contributed by atoms with Crippen molar-refractivity contribution in [1.82, 2.24) is 0 Å². The van der Waals surface area contributed by atoms with Gasteiger partial charge in [-0.15, -0.1) is 11.3 Å². The topological polar surface area (TPSA) is 13.1 Å². The van der Waals surface area contributed by atoms with E-state index in [4.69, 9.17) is 4.42 Å². The molecule has 1 aliphatic carbocycles. The maximum atomic E-state index is 6.75. The van der Waals surface area contributed by atoms with Crippen molar-refractivity contribution in [3.05, 3.63) is 180 Å². The molecule has 0 atom stereocenters. The molecular weight excluding hydrogens is 565 g/mol. The Morgan fingerprint density at radius 1 is 0.422 bits per heavy atom. The zero-order valence-corrected chi connectivity index (χ0v) is 25.1. The minimum absolute atomic E-state index is 0.449. The van der Waals surface area contributed by atoms with Crippen LogP contribution in [0.15, 0.2) is 162 Å². The Morgan fingerprint density at radius 3 is 1.93 bits per heavy atom. The second-order valence-electron chi connectivity index (χ2n) is 12.0. The molecule has 10 rings (SSSR count). The number of hydrogen-bond acceptors (Lipinski definition) is 2. The summed E-state index contributed by atoms with van der Waals surface area (Å²) in [5.41, 5.74) is 11.4. The number of benzene rings is 7. The number of hydrogen-bond donors (Lipinski definition) is 0. The van der Waals surface area contributed by atoms with Crippen LogP contribution in [0, 0.1) is 0 Å². The van der Waals surface area contributed by atoms with Crippen molar-refractivity contribution < 1.29 is 4.42 Å². The maximum Gasteiger partial charge on any atom is 0.136 e. The van der Waals surface area contributed by atoms with Gasteiger partial charge in [-0.3, -0.25) is 0 Å². The molecule has 1 aliphatic rings. The summed E-state index contributed by atoms with van der Waals surface area (Å²) in [7, 11) is 0. The first kappa shape index (κ1) is 24.9. The van der Waals surface area contributed by atoms with Crippen LogP contribution in [0.2, 0.25) is 0 Å². The minimum atomic E-state index is -0.449. The summed E-state index contributed by atoms with van der Waals surface area (Å²) >= 11 is 1.86. The average Bonchev–Trinajstić information content (AvgIpc) is 3.76. The van der Waals surface area contributed by atoms with Crippen LogP contribution in [0.5, 0.6) is 0 Å². The van der Waals surface area contributed by atoms with Crippen LogP contribution in [-0.2, 0) is 5.41 Å². The van der Waals surface area contributed by atoms with Gasteiger partial charge < -0.3 is 4.42 Å². The Bertz CT molecular complexity index is 2550. The number of furan rings is 1. The molecular formula is C43H26OS. The van der Waals surface area contributed by atoms with E-state index in [-0.39, 0.29) is 0 Å². The molecule has 7 aromatic carbocycles. The highest BCUT2D eigenvalue weighted by Gasteiger charge is 2.46. The molecule has 0 spiro atoms. The molecule has 2 heteroatoms. The first-order chi connectivity index (χ1) is 22.3. The quantitative estimate of drug-likeness (QED) is 0.199. The Hall–Kier alpha value is -5.44. The van der Waals surface area contributed by atoms with Gasteiger partial charge in [0.2, 0.25) is 0 Å². The molecule has 0 aliphatic heterocycles. The van der Waals surface area contributed by atoms with E-state index in [1.54, 1.807) is 0 Å². The molecule has 0 bridgehead atoms. The normalized spacial score (nSPS) is 13.5. The second kappa shape index (κ2) is 9.28. The predicted molar refractivity (Wildman–Crippen MR) is 189 cm³/mol. The van der Waals surface area contributed by atoms with Gasteiger partial charge in [0.1, 0.15) is 11.2 Å². The summed E-state index contributed by atoms with van der Waals surface area (Å²) in [5.74, 6) is 0. The lowest BCUT2D eigenvalue weighted by Crippen LogP contribution is -2.28. The lowest BCUT2D eigenvalue weighted by Gasteiger charge is -2.33. The van der Waals surface area contributed by atoms with Gasteiger partial charge in [0, 0.05) is 30.9 Å². The summed E-state index contributed by atoms with van der Waals surface area (Å²) in [6.45, 7) is 0. The van der Waals surface area contributed by atoms with Gasteiger partial charge in [0.05, 0.1) is 5.41 Å².